The van der Waals surface area contributed by atoms with Gasteiger partial charge in [0.1, 0.15) is 0 Å². The van der Waals surface area contributed by atoms with Gasteiger partial charge in [-0.2, -0.15) is 0 Å². The second-order valence-electron chi connectivity index (χ2n) is 1.83. The summed E-state index contributed by atoms with van der Waals surface area (Å²) in [5, 5.41) is 24.8. The number of hydrogen-bond acceptors (Lipinski definition) is 3. The average molecular weight is 346 g/mol. The molecular formula is C5H13BiO4. The van der Waals surface area contributed by atoms with Gasteiger partial charge in [0.05, 0.1) is 6.42 Å². The van der Waals surface area contributed by atoms with E-state index in [1.165, 1.54) is 0 Å². The first-order valence-corrected chi connectivity index (χ1v) is 2.64. The van der Waals surface area contributed by atoms with Crippen LogP contribution in [0, 0.1) is 5.92 Å². The Labute approximate surface area is 78.0 Å². The summed E-state index contributed by atoms with van der Waals surface area (Å²) in [4.78, 5) is 9.91. The van der Waals surface area contributed by atoms with Crippen LogP contribution in [-0.4, -0.2) is 60.7 Å². The van der Waals surface area contributed by atoms with Crippen LogP contribution in [0.25, 0.3) is 0 Å². The van der Waals surface area contributed by atoms with Crippen LogP contribution in [-0.2, 0) is 4.79 Å². The van der Waals surface area contributed by atoms with Crippen LogP contribution >= 0.6 is 0 Å². The van der Waals surface area contributed by atoms with E-state index in [0.29, 0.717) is 0 Å². The molecule has 0 amide bonds. The third-order valence-corrected chi connectivity index (χ3v) is 0.980. The molecule has 0 bridgehead atoms. The van der Waals surface area contributed by atoms with Gasteiger partial charge in [-0.25, -0.2) is 0 Å². The molecule has 0 radical (unpaired) electrons. The number of rotatable bonds is 4. The predicted octanol–water partition coefficient (Wildman–Crippen LogP) is -2.12. The number of carbonyl (C=O) groups is 1. The molecule has 0 aromatic heterocycles. The van der Waals surface area contributed by atoms with E-state index in [9.17, 15) is 4.79 Å². The monoisotopic (exact) mass is 346 g/mol. The first-order valence-electron chi connectivity index (χ1n) is 2.64. The summed E-state index contributed by atoms with van der Waals surface area (Å²) in [6, 6.07) is 0. The van der Waals surface area contributed by atoms with Crippen molar-refractivity contribution in [1.82, 2.24) is 0 Å². The summed E-state index contributed by atoms with van der Waals surface area (Å²) in [6.07, 6.45) is -0.174. The van der Waals surface area contributed by atoms with Crippen molar-refractivity contribution < 1.29 is 20.1 Å². The second kappa shape index (κ2) is 7.38. The third-order valence-electron chi connectivity index (χ3n) is 0.980. The Bertz CT molecular complexity index is 91.6. The van der Waals surface area contributed by atoms with Crippen LogP contribution in [0.5, 0.6) is 0 Å². The van der Waals surface area contributed by atoms with Crippen molar-refractivity contribution in [3.8, 4) is 0 Å². The number of carboxylic acids is 1. The Morgan fingerprint density at radius 1 is 1.30 bits per heavy atom. The van der Waals surface area contributed by atoms with Crippen molar-refractivity contribution in [2.75, 3.05) is 13.2 Å². The van der Waals surface area contributed by atoms with Gasteiger partial charge >= 0.3 is 32.2 Å². The normalized spacial score (nSPS) is 9.10. The maximum atomic E-state index is 9.91. The molecule has 0 saturated heterocycles. The molecule has 0 saturated carbocycles. The molecule has 62 valence electrons. The second-order valence-corrected chi connectivity index (χ2v) is 1.83. The van der Waals surface area contributed by atoms with E-state index in [1.807, 2.05) is 0 Å². The molecule has 0 heterocycles. The Kier molecular flexibility index (Phi) is 9.53. The van der Waals surface area contributed by atoms with Crippen molar-refractivity contribution in [3.63, 3.8) is 0 Å². The Balaban J connectivity index is 0. The van der Waals surface area contributed by atoms with Crippen molar-refractivity contribution in [2.24, 2.45) is 5.92 Å². The number of aliphatic carboxylic acids is 1. The molecule has 0 rings (SSSR count). The molecule has 0 fully saturated rings. The third kappa shape index (κ3) is 6.39. The van der Waals surface area contributed by atoms with Crippen LogP contribution in [0.3, 0.4) is 0 Å². The number of hydrogen-bond donors (Lipinski definition) is 3. The minimum absolute atomic E-state index is 0. The molecule has 0 spiro atoms. The number of aliphatic hydroxyl groups excluding tert-OH is 2. The van der Waals surface area contributed by atoms with Crippen LogP contribution in [0.2, 0.25) is 0 Å². The van der Waals surface area contributed by atoms with Gasteiger partial charge in [0.25, 0.3) is 0 Å². The fourth-order valence-electron chi connectivity index (χ4n) is 0.434. The van der Waals surface area contributed by atoms with E-state index in [-0.39, 0.29) is 45.8 Å². The van der Waals surface area contributed by atoms with E-state index in [0.717, 1.165) is 0 Å². The van der Waals surface area contributed by atoms with Gasteiger partial charge in [0, 0.05) is 19.1 Å². The van der Waals surface area contributed by atoms with Gasteiger partial charge < -0.3 is 15.3 Å². The van der Waals surface area contributed by atoms with Crippen molar-refractivity contribution >= 4 is 32.2 Å². The van der Waals surface area contributed by atoms with Crippen molar-refractivity contribution in [3.05, 3.63) is 0 Å². The molecule has 4 nitrogen and oxygen atoms in total. The molecular weight excluding hydrogens is 333 g/mol. The zero-order valence-corrected chi connectivity index (χ0v) is 11.2. The average Bonchev–Trinajstić information content (AvgIpc) is 1.82. The summed E-state index contributed by atoms with van der Waals surface area (Å²) in [5.74, 6) is -1.51. The summed E-state index contributed by atoms with van der Waals surface area (Å²) >= 11 is 0. The fourth-order valence-corrected chi connectivity index (χ4v) is 0.434. The van der Waals surface area contributed by atoms with Gasteiger partial charge in [-0.15, -0.1) is 0 Å². The topological polar surface area (TPSA) is 77.8 Å². The first-order chi connectivity index (χ1) is 4.20. The fraction of sp³-hybridized carbons (Fsp3) is 0.800. The molecule has 0 unspecified atom stereocenters. The first kappa shape index (κ1) is 12.9. The van der Waals surface area contributed by atoms with E-state index in [2.05, 4.69) is 0 Å². The summed E-state index contributed by atoms with van der Waals surface area (Å²) < 4.78 is 0. The zero-order valence-electron chi connectivity index (χ0n) is 5.66. The predicted molar refractivity (Wildman–Crippen MR) is 39.9 cm³/mol. The van der Waals surface area contributed by atoms with Crippen LogP contribution < -0.4 is 0 Å². The molecule has 0 aromatic carbocycles. The van der Waals surface area contributed by atoms with Crippen molar-refractivity contribution in [2.45, 2.75) is 6.42 Å². The van der Waals surface area contributed by atoms with Gasteiger partial charge in [0.2, 0.25) is 0 Å². The molecule has 0 aliphatic heterocycles. The standard InChI is InChI=1S/C5H10O4.Bi.3H/c6-2-4(3-7)1-5(8)9;;;;/h4,6-7H,1-3H2,(H,8,9);;;;. The van der Waals surface area contributed by atoms with Gasteiger partial charge in [-0.05, 0) is 0 Å². The number of aliphatic hydroxyl groups is 2. The molecule has 0 atom stereocenters. The quantitative estimate of drug-likeness (QED) is 0.509. The van der Waals surface area contributed by atoms with E-state index >= 15 is 0 Å². The zero-order chi connectivity index (χ0) is 7.28. The molecule has 5 heteroatoms. The maximum absolute atomic E-state index is 9.91. The van der Waals surface area contributed by atoms with E-state index in [4.69, 9.17) is 15.3 Å². The molecule has 0 aliphatic rings. The SMILES string of the molecule is O=C(O)CC(CO)CO.[BiH3]. The Morgan fingerprint density at radius 2 is 1.70 bits per heavy atom. The van der Waals surface area contributed by atoms with Crippen LogP contribution in [0.4, 0.5) is 0 Å². The van der Waals surface area contributed by atoms with Gasteiger partial charge in [-0.3, -0.25) is 4.79 Å². The van der Waals surface area contributed by atoms with Crippen LogP contribution in [0.1, 0.15) is 6.42 Å². The Hall–Kier alpha value is 0.273. The van der Waals surface area contributed by atoms with Crippen molar-refractivity contribution in [1.29, 1.82) is 0 Å². The van der Waals surface area contributed by atoms with Gasteiger partial charge in [0.15, 0.2) is 0 Å². The molecule has 0 aromatic rings. The summed E-state index contributed by atoms with van der Waals surface area (Å²) in [7, 11) is 0. The van der Waals surface area contributed by atoms with Gasteiger partial charge in [-0.1, -0.05) is 0 Å². The van der Waals surface area contributed by atoms with Crippen LogP contribution in [0.15, 0.2) is 0 Å². The number of carboxylic acid groups (broad SMARTS) is 1. The summed E-state index contributed by atoms with van der Waals surface area (Å²) in [5.41, 5.74) is 0. The molecule has 10 heavy (non-hydrogen) atoms. The summed E-state index contributed by atoms with van der Waals surface area (Å²) in [6.45, 7) is -0.550. The molecule has 0 aliphatic carbocycles. The minimum atomic E-state index is -0.997. The van der Waals surface area contributed by atoms with E-state index < -0.39 is 11.9 Å². The van der Waals surface area contributed by atoms with E-state index in [1.54, 1.807) is 0 Å². The Morgan fingerprint density at radius 3 is 1.80 bits per heavy atom. The molecule has 3 N–H and O–H groups in total.